The van der Waals surface area contributed by atoms with Gasteiger partial charge in [0.15, 0.2) is 0 Å². The van der Waals surface area contributed by atoms with Gasteiger partial charge in [0.2, 0.25) is 0 Å². The van der Waals surface area contributed by atoms with E-state index < -0.39 is 0 Å². The predicted octanol–water partition coefficient (Wildman–Crippen LogP) is 4.02. The van der Waals surface area contributed by atoms with Crippen molar-refractivity contribution >= 4 is 11.4 Å². The van der Waals surface area contributed by atoms with Crippen LogP contribution in [0.15, 0.2) is 54.6 Å². The topological polar surface area (TPSA) is 6.48 Å². The Hall–Kier alpha value is -1.80. The molecule has 2 aliphatic heterocycles. The van der Waals surface area contributed by atoms with Crippen LogP contribution in [0.25, 0.3) is 0 Å². The normalized spacial score (nSPS) is 24.7. The lowest BCUT2D eigenvalue weighted by Gasteiger charge is -2.38. The lowest BCUT2D eigenvalue weighted by Crippen LogP contribution is -2.44. The number of piperidine rings is 1. The van der Waals surface area contributed by atoms with Crippen LogP contribution >= 0.6 is 0 Å². The fourth-order valence-corrected chi connectivity index (χ4v) is 4.03. The van der Waals surface area contributed by atoms with Crippen LogP contribution in [0.3, 0.4) is 0 Å². The molecule has 0 saturated carbocycles. The summed E-state index contributed by atoms with van der Waals surface area (Å²) >= 11 is 0. The van der Waals surface area contributed by atoms with Gasteiger partial charge in [-0.15, -0.1) is 0 Å². The number of nitrogens with zero attached hydrogens (tertiary/aromatic N) is 2. The Bertz CT molecular complexity index is 622. The predicted molar refractivity (Wildman–Crippen MR) is 88.3 cm³/mol. The average Bonchev–Trinajstić information content (AvgIpc) is 2.89. The Kier molecular flexibility index (Phi) is 3.19. The van der Waals surface area contributed by atoms with Crippen LogP contribution in [0.2, 0.25) is 0 Å². The largest absolute Gasteiger partial charge is 0.337 e. The number of likely N-dealkylation sites (N-methyl/N-ethyl adjacent to an activating group) is 1. The minimum Gasteiger partial charge on any atom is -0.337 e. The number of rotatable bonds is 2. The Morgan fingerprint density at radius 2 is 1.76 bits per heavy atom. The molecule has 0 spiro atoms. The molecular formula is C19H22N2. The van der Waals surface area contributed by atoms with Crippen molar-refractivity contribution < 1.29 is 0 Å². The highest BCUT2D eigenvalue weighted by Crippen LogP contribution is 2.47. The molecule has 0 amide bonds. The van der Waals surface area contributed by atoms with Crippen LogP contribution in [-0.2, 0) is 0 Å². The standard InChI is InChI=1S/C19H22N2/c1-2-20-13-12-19-17(14-20)16-10-6-7-11-18(16)21(19)15-8-4-3-5-9-15/h3-11,17,19H,2,12-14H2,1H3/t17-,19+/m0/s1. The molecule has 2 aromatic carbocycles. The molecule has 2 nitrogen and oxygen atoms in total. The number of hydrogen-bond acceptors (Lipinski definition) is 2. The average molecular weight is 278 g/mol. The molecule has 21 heavy (non-hydrogen) atoms. The highest BCUT2D eigenvalue weighted by atomic mass is 15.2. The summed E-state index contributed by atoms with van der Waals surface area (Å²) in [5, 5.41) is 0. The molecule has 2 heteroatoms. The molecule has 2 aliphatic rings. The van der Waals surface area contributed by atoms with E-state index in [0.29, 0.717) is 12.0 Å². The summed E-state index contributed by atoms with van der Waals surface area (Å²) < 4.78 is 0. The van der Waals surface area contributed by atoms with E-state index in [0.717, 1.165) is 6.54 Å². The van der Waals surface area contributed by atoms with Crippen LogP contribution in [-0.4, -0.2) is 30.6 Å². The fourth-order valence-electron chi connectivity index (χ4n) is 4.03. The molecule has 1 saturated heterocycles. The smallest absolute Gasteiger partial charge is 0.0450 e. The van der Waals surface area contributed by atoms with Gasteiger partial charge < -0.3 is 9.80 Å². The van der Waals surface area contributed by atoms with Crippen molar-refractivity contribution in [2.45, 2.75) is 25.3 Å². The molecule has 1 fully saturated rings. The third-order valence-corrected chi connectivity index (χ3v) is 5.07. The second kappa shape index (κ2) is 5.19. The van der Waals surface area contributed by atoms with Crippen LogP contribution in [0, 0.1) is 0 Å². The molecule has 0 aliphatic carbocycles. The first-order chi connectivity index (χ1) is 10.4. The Labute approximate surface area is 127 Å². The van der Waals surface area contributed by atoms with Gasteiger partial charge in [-0.3, -0.25) is 0 Å². The van der Waals surface area contributed by atoms with Gasteiger partial charge >= 0.3 is 0 Å². The quantitative estimate of drug-likeness (QED) is 0.818. The van der Waals surface area contributed by atoms with E-state index in [4.69, 9.17) is 0 Å². The van der Waals surface area contributed by atoms with Crippen LogP contribution in [0.1, 0.15) is 24.8 Å². The van der Waals surface area contributed by atoms with E-state index in [1.54, 1.807) is 0 Å². The second-order valence-corrected chi connectivity index (χ2v) is 6.12. The van der Waals surface area contributed by atoms with Gasteiger partial charge in [0, 0.05) is 36.4 Å². The molecule has 2 heterocycles. The first kappa shape index (κ1) is 12.9. The molecule has 4 rings (SSSR count). The Morgan fingerprint density at radius 1 is 1.00 bits per heavy atom. The van der Waals surface area contributed by atoms with E-state index in [1.165, 1.54) is 36.4 Å². The van der Waals surface area contributed by atoms with Crippen molar-refractivity contribution in [1.82, 2.24) is 4.90 Å². The fraction of sp³-hybridized carbons (Fsp3) is 0.368. The lowest BCUT2D eigenvalue weighted by atomic mass is 9.89. The van der Waals surface area contributed by atoms with Crippen molar-refractivity contribution in [3.8, 4) is 0 Å². The van der Waals surface area contributed by atoms with E-state index in [9.17, 15) is 0 Å². The Balaban J connectivity index is 1.78. The van der Waals surface area contributed by atoms with Crippen LogP contribution in [0.4, 0.5) is 11.4 Å². The monoisotopic (exact) mass is 278 g/mol. The minimum atomic E-state index is 0.618. The summed E-state index contributed by atoms with van der Waals surface area (Å²) in [4.78, 5) is 5.17. The SMILES string of the molecule is CCN1CC[C@@H]2[C@@H](C1)c1ccccc1N2c1ccccc1. The maximum absolute atomic E-state index is 2.59. The molecule has 2 aromatic rings. The second-order valence-electron chi connectivity index (χ2n) is 6.12. The van der Waals surface area contributed by atoms with E-state index in [-0.39, 0.29) is 0 Å². The molecule has 0 radical (unpaired) electrons. The van der Waals surface area contributed by atoms with Crippen molar-refractivity contribution in [3.05, 3.63) is 60.2 Å². The number of likely N-dealkylation sites (tertiary alicyclic amines) is 1. The molecule has 0 aromatic heterocycles. The van der Waals surface area contributed by atoms with Crippen LogP contribution in [0.5, 0.6) is 0 Å². The molecule has 2 atom stereocenters. The highest BCUT2D eigenvalue weighted by molar-refractivity contribution is 5.72. The van der Waals surface area contributed by atoms with Gasteiger partial charge in [0.25, 0.3) is 0 Å². The number of benzene rings is 2. The summed E-state index contributed by atoms with van der Waals surface area (Å²) in [6, 6.07) is 20.5. The summed E-state index contributed by atoms with van der Waals surface area (Å²) in [5.41, 5.74) is 4.28. The van der Waals surface area contributed by atoms with Gasteiger partial charge in [0.05, 0.1) is 0 Å². The molecular weight excluding hydrogens is 256 g/mol. The van der Waals surface area contributed by atoms with Gasteiger partial charge in [-0.1, -0.05) is 43.3 Å². The third-order valence-electron chi connectivity index (χ3n) is 5.07. The number of fused-ring (bicyclic) bond motifs is 3. The maximum atomic E-state index is 2.59. The number of para-hydroxylation sites is 2. The minimum absolute atomic E-state index is 0.618. The summed E-state index contributed by atoms with van der Waals surface area (Å²) in [6.07, 6.45) is 1.25. The van der Waals surface area contributed by atoms with Crippen molar-refractivity contribution in [3.63, 3.8) is 0 Å². The number of anilines is 2. The first-order valence-corrected chi connectivity index (χ1v) is 8.04. The summed E-state index contributed by atoms with van der Waals surface area (Å²) in [5.74, 6) is 0.648. The van der Waals surface area contributed by atoms with Gasteiger partial charge in [-0.2, -0.15) is 0 Å². The van der Waals surface area contributed by atoms with Gasteiger partial charge in [0.1, 0.15) is 0 Å². The third kappa shape index (κ3) is 2.06. The first-order valence-electron chi connectivity index (χ1n) is 8.04. The maximum Gasteiger partial charge on any atom is 0.0450 e. The van der Waals surface area contributed by atoms with E-state index in [2.05, 4.69) is 71.3 Å². The zero-order valence-electron chi connectivity index (χ0n) is 12.6. The van der Waals surface area contributed by atoms with E-state index in [1.807, 2.05) is 0 Å². The van der Waals surface area contributed by atoms with Gasteiger partial charge in [-0.25, -0.2) is 0 Å². The molecule has 0 unspecified atom stereocenters. The number of hydrogen-bond donors (Lipinski definition) is 0. The summed E-state index contributed by atoms with van der Waals surface area (Å²) in [7, 11) is 0. The highest BCUT2D eigenvalue weighted by Gasteiger charge is 2.41. The Morgan fingerprint density at radius 3 is 2.57 bits per heavy atom. The molecule has 0 N–H and O–H groups in total. The van der Waals surface area contributed by atoms with Crippen LogP contribution < -0.4 is 4.90 Å². The lowest BCUT2D eigenvalue weighted by molar-refractivity contribution is 0.206. The van der Waals surface area contributed by atoms with Crippen molar-refractivity contribution in [2.24, 2.45) is 0 Å². The van der Waals surface area contributed by atoms with Gasteiger partial charge in [-0.05, 0) is 36.7 Å². The summed E-state index contributed by atoms with van der Waals surface area (Å²) in [6.45, 7) is 5.85. The van der Waals surface area contributed by atoms with E-state index >= 15 is 0 Å². The zero-order valence-corrected chi connectivity index (χ0v) is 12.6. The molecule has 108 valence electrons. The zero-order chi connectivity index (χ0) is 14.2. The molecule has 0 bridgehead atoms. The van der Waals surface area contributed by atoms with Crippen molar-refractivity contribution in [1.29, 1.82) is 0 Å². The van der Waals surface area contributed by atoms with Crippen molar-refractivity contribution in [2.75, 3.05) is 24.5 Å².